The molecule has 3 N–H and O–H groups in total. The van der Waals surface area contributed by atoms with Gasteiger partial charge in [0.2, 0.25) is 11.8 Å². The summed E-state index contributed by atoms with van der Waals surface area (Å²) in [5, 5.41) is 14.3. The molecule has 2 aromatic carbocycles. The molecule has 2 heterocycles. The maximum Gasteiger partial charge on any atom is 0.246 e. The maximum atomic E-state index is 12.3. The number of hydrazine groups is 1. The van der Waals surface area contributed by atoms with Gasteiger partial charge in [0.25, 0.3) is 0 Å². The van der Waals surface area contributed by atoms with Crippen molar-refractivity contribution in [1.29, 1.82) is 0 Å². The Morgan fingerprint density at radius 1 is 0.958 bits per heavy atom. The number of aromatic hydroxyl groups is 1. The minimum atomic E-state index is -0.581. The number of carbonyl (C=O) groups excluding carboxylic acids is 2. The van der Waals surface area contributed by atoms with Crippen LogP contribution in [0.3, 0.4) is 0 Å². The van der Waals surface area contributed by atoms with Crippen LogP contribution < -0.4 is 10.7 Å². The van der Waals surface area contributed by atoms with E-state index in [1.165, 1.54) is 0 Å². The molecule has 6 heteroatoms. The van der Waals surface area contributed by atoms with Gasteiger partial charge in [-0.3, -0.25) is 14.9 Å². The van der Waals surface area contributed by atoms with Crippen LogP contribution in [0.5, 0.6) is 5.75 Å². The molecule has 0 radical (unpaired) electrons. The Morgan fingerprint density at radius 3 is 2.42 bits per heavy atom. The fourth-order valence-electron chi connectivity index (χ4n) is 3.53. The summed E-state index contributed by atoms with van der Waals surface area (Å²) in [7, 11) is 0. The van der Waals surface area contributed by atoms with Crippen LogP contribution in [0, 0.1) is 5.92 Å². The normalized spacial score (nSPS) is 26.4. The van der Waals surface area contributed by atoms with E-state index in [0.29, 0.717) is 12.1 Å². The lowest BCUT2D eigenvalue weighted by Gasteiger charge is -2.22. The molecule has 2 amide bonds. The number of nitrogens with zero attached hydrogens (tertiary/aromatic N) is 1. The molecule has 0 aliphatic carbocycles. The molecule has 2 saturated heterocycles. The molecular formula is C18H17N3O3. The van der Waals surface area contributed by atoms with Gasteiger partial charge in [-0.1, -0.05) is 48.5 Å². The monoisotopic (exact) mass is 323 g/mol. The minimum Gasteiger partial charge on any atom is -0.508 e. The van der Waals surface area contributed by atoms with Gasteiger partial charge >= 0.3 is 0 Å². The average molecular weight is 323 g/mol. The molecule has 2 aromatic rings. The van der Waals surface area contributed by atoms with E-state index in [2.05, 4.69) is 10.7 Å². The van der Waals surface area contributed by atoms with E-state index in [0.717, 1.165) is 5.56 Å². The number of phenols is 1. The molecule has 2 aliphatic rings. The highest BCUT2D eigenvalue weighted by Gasteiger charge is 2.55. The molecule has 6 nitrogen and oxygen atoms in total. The average Bonchev–Trinajstić information content (AvgIpc) is 3.09. The zero-order chi connectivity index (χ0) is 16.7. The number of imide groups is 1. The predicted molar refractivity (Wildman–Crippen MR) is 86.4 cm³/mol. The molecule has 0 saturated carbocycles. The van der Waals surface area contributed by atoms with Crippen molar-refractivity contribution in [1.82, 2.24) is 15.8 Å². The van der Waals surface area contributed by atoms with Gasteiger partial charge < -0.3 is 5.11 Å². The first kappa shape index (κ1) is 14.9. The number of nitrogens with one attached hydrogen (secondary N) is 2. The lowest BCUT2D eigenvalue weighted by Crippen LogP contribution is -2.43. The number of rotatable bonds is 3. The largest absolute Gasteiger partial charge is 0.508 e. The van der Waals surface area contributed by atoms with Crippen LogP contribution in [0.4, 0.5) is 0 Å². The summed E-state index contributed by atoms with van der Waals surface area (Å²) in [5.74, 6) is -1.05. The van der Waals surface area contributed by atoms with Gasteiger partial charge in [0.1, 0.15) is 11.8 Å². The van der Waals surface area contributed by atoms with Crippen molar-refractivity contribution in [3.05, 3.63) is 65.7 Å². The highest BCUT2D eigenvalue weighted by Crippen LogP contribution is 2.40. The first-order valence-electron chi connectivity index (χ1n) is 7.84. The van der Waals surface area contributed by atoms with Crippen molar-refractivity contribution in [2.45, 2.75) is 18.6 Å². The topological polar surface area (TPSA) is 81.7 Å². The highest BCUT2D eigenvalue weighted by atomic mass is 16.3. The Balaban J connectivity index is 1.69. The molecule has 0 aromatic heterocycles. The number of amides is 2. The molecule has 2 aliphatic heterocycles. The zero-order valence-corrected chi connectivity index (χ0v) is 12.8. The van der Waals surface area contributed by atoms with Gasteiger partial charge in [0.05, 0.1) is 12.0 Å². The van der Waals surface area contributed by atoms with E-state index in [-0.39, 0.29) is 17.6 Å². The van der Waals surface area contributed by atoms with Crippen LogP contribution in [0.15, 0.2) is 54.6 Å². The summed E-state index contributed by atoms with van der Waals surface area (Å²) in [5.41, 5.74) is 4.91. The van der Waals surface area contributed by atoms with Crippen molar-refractivity contribution in [3.63, 3.8) is 0 Å². The van der Waals surface area contributed by atoms with Crippen LogP contribution in [-0.2, 0) is 16.1 Å². The molecule has 0 spiro atoms. The van der Waals surface area contributed by atoms with Crippen LogP contribution in [0.1, 0.15) is 17.2 Å². The lowest BCUT2D eigenvalue weighted by molar-refractivity contribution is -0.127. The second-order valence-electron chi connectivity index (χ2n) is 6.10. The Morgan fingerprint density at radius 2 is 1.67 bits per heavy atom. The third kappa shape index (κ3) is 2.36. The van der Waals surface area contributed by atoms with Gasteiger partial charge in [0.15, 0.2) is 0 Å². The van der Waals surface area contributed by atoms with Crippen molar-refractivity contribution >= 4 is 11.8 Å². The molecule has 0 bridgehead atoms. The molecule has 3 atom stereocenters. The number of benzene rings is 2. The molecular weight excluding hydrogens is 306 g/mol. The van der Waals surface area contributed by atoms with Crippen molar-refractivity contribution in [2.24, 2.45) is 5.92 Å². The molecule has 2 fully saturated rings. The van der Waals surface area contributed by atoms with Crippen LogP contribution in [-0.4, -0.2) is 28.0 Å². The standard InChI is InChI=1S/C18H17N3O3/c22-13-9-5-4-8-12(13)15-14-16(18(24)19-17(14)23)21(20-15)10-11-6-2-1-3-7-11/h1-9,14-16,20,22H,10H2,(H,19,23,24)/t14-,15+,16-/m0/s1. The summed E-state index contributed by atoms with van der Waals surface area (Å²) < 4.78 is 0. The van der Waals surface area contributed by atoms with Gasteiger partial charge in [-0.15, -0.1) is 0 Å². The fourth-order valence-corrected chi connectivity index (χ4v) is 3.53. The van der Waals surface area contributed by atoms with Crippen LogP contribution >= 0.6 is 0 Å². The molecule has 24 heavy (non-hydrogen) atoms. The Hall–Kier alpha value is -2.70. The van der Waals surface area contributed by atoms with Gasteiger partial charge in [-0.2, -0.15) is 0 Å². The summed E-state index contributed by atoms with van der Waals surface area (Å²) in [6, 6.07) is 15.6. The van der Waals surface area contributed by atoms with Gasteiger partial charge in [0, 0.05) is 12.1 Å². The predicted octanol–water partition coefficient (Wildman–Crippen LogP) is 1.09. The summed E-state index contributed by atoms with van der Waals surface area (Å²) >= 11 is 0. The third-order valence-electron chi connectivity index (χ3n) is 4.63. The summed E-state index contributed by atoms with van der Waals surface area (Å²) in [6.07, 6.45) is 0. The van der Waals surface area contributed by atoms with E-state index in [1.807, 2.05) is 30.3 Å². The Bertz CT molecular complexity index is 793. The summed E-state index contributed by atoms with van der Waals surface area (Å²) in [6.45, 7) is 0.493. The fraction of sp³-hybridized carbons (Fsp3) is 0.222. The minimum absolute atomic E-state index is 0.113. The first-order chi connectivity index (χ1) is 11.6. The zero-order valence-electron chi connectivity index (χ0n) is 12.8. The molecule has 122 valence electrons. The maximum absolute atomic E-state index is 12.3. The van der Waals surface area contributed by atoms with E-state index in [9.17, 15) is 14.7 Å². The van der Waals surface area contributed by atoms with Crippen molar-refractivity contribution in [2.75, 3.05) is 0 Å². The van der Waals surface area contributed by atoms with Crippen molar-refractivity contribution < 1.29 is 14.7 Å². The third-order valence-corrected chi connectivity index (χ3v) is 4.63. The van der Waals surface area contributed by atoms with E-state index < -0.39 is 18.0 Å². The van der Waals surface area contributed by atoms with Crippen LogP contribution in [0.2, 0.25) is 0 Å². The number of phenolic OH excluding ortho intramolecular Hbond substituents is 1. The number of hydrogen-bond acceptors (Lipinski definition) is 5. The Kier molecular flexibility index (Phi) is 3.55. The van der Waals surface area contributed by atoms with Crippen molar-refractivity contribution in [3.8, 4) is 5.75 Å². The smallest absolute Gasteiger partial charge is 0.246 e. The lowest BCUT2D eigenvalue weighted by atomic mass is 9.90. The second kappa shape index (κ2) is 5.74. The number of para-hydroxylation sites is 1. The summed E-state index contributed by atoms with van der Waals surface area (Å²) in [4.78, 5) is 24.5. The highest BCUT2D eigenvalue weighted by molar-refractivity contribution is 6.07. The van der Waals surface area contributed by atoms with E-state index >= 15 is 0 Å². The van der Waals surface area contributed by atoms with Gasteiger partial charge in [-0.05, 0) is 11.6 Å². The van der Waals surface area contributed by atoms with E-state index in [1.54, 1.807) is 29.3 Å². The SMILES string of the molecule is O=C1NC(=O)[C@@H]2[C@@H]1[C@@H](c1ccccc1O)NN2Cc1ccccc1. The first-order valence-corrected chi connectivity index (χ1v) is 7.84. The molecule has 0 unspecified atom stereocenters. The molecule has 4 rings (SSSR count). The van der Waals surface area contributed by atoms with E-state index in [4.69, 9.17) is 0 Å². The quantitative estimate of drug-likeness (QED) is 0.737. The van der Waals surface area contributed by atoms with Crippen LogP contribution in [0.25, 0.3) is 0 Å². The number of carbonyl (C=O) groups is 2. The number of fused-ring (bicyclic) bond motifs is 1. The van der Waals surface area contributed by atoms with Gasteiger partial charge in [-0.25, -0.2) is 10.4 Å². The second-order valence-corrected chi connectivity index (χ2v) is 6.10. The Labute approximate surface area is 139 Å². The number of hydrogen-bond donors (Lipinski definition) is 3.